The number of hydrogen-bond acceptors (Lipinski definition) is 3. The first-order valence-electron chi connectivity index (χ1n) is 4.45. The van der Waals surface area contributed by atoms with Crippen LogP contribution in [0.2, 0.25) is 0 Å². The van der Waals surface area contributed by atoms with Crippen LogP contribution in [0.3, 0.4) is 0 Å². The molecule has 92 valence electrons. The number of carbonyl (C=O) groups is 2. The summed E-state index contributed by atoms with van der Waals surface area (Å²) < 4.78 is 1.14. The molecule has 0 saturated carbocycles. The van der Waals surface area contributed by atoms with Gasteiger partial charge in [0.15, 0.2) is 5.92 Å². The van der Waals surface area contributed by atoms with Crippen LogP contribution in [0, 0.1) is 13.1 Å². The van der Waals surface area contributed by atoms with Crippen molar-refractivity contribution in [1.82, 2.24) is 0 Å². The SMILES string of the molecule is O=C(O)C(Cc1cc(I)c(O)c(I)c1)C(=O)O. The second kappa shape index (κ2) is 5.85. The van der Waals surface area contributed by atoms with Crippen molar-refractivity contribution in [2.45, 2.75) is 6.42 Å². The van der Waals surface area contributed by atoms with Crippen LogP contribution in [-0.2, 0) is 16.0 Å². The Labute approximate surface area is 124 Å². The van der Waals surface area contributed by atoms with E-state index in [2.05, 4.69) is 0 Å². The second-order valence-corrected chi connectivity index (χ2v) is 5.67. The molecule has 0 atom stereocenters. The minimum Gasteiger partial charge on any atom is -0.506 e. The normalized spacial score (nSPS) is 10.5. The third-order valence-electron chi connectivity index (χ3n) is 2.11. The number of halogens is 2. The van der Waals surface area contributed by atoms with Gasteiger partial charge in [0.1, 0.15) is 5.75 Å². The molecular formula is C10H8I2O5. The molecule has 7 heteroatoms. The fourth-order valence-corrected chi connectivity index (χ4v) is 3.15. The molecule has 1 aromatic carbocycles. The Balaban J connectivity index is 3.02. The van der Waals surface area contributed by atoms with Crippen LogP contribution in [0.5, 0.6) is 5.75 Å². The number of benzene rings is 1. The first-order valence-corrected chi connectivity index (χ1v) is 6.61. The van der Waals surface area contributed by atoms with Gasteiger partial charge in [0.2, 0.25) is 0 Å². The van der Waals surface area contributed by atoms with Crippen LogP contribution in [0.25, 0.3) is 0 Å². The molecule has 1 rings (SSSR count). The van der Waals surface area contributed by atoms with Gasteiger partial charge < -0.3 is 15.3 Å². The van der Waals surface area contributed by atoms with Crippen LogP contribution in [0.15, 0.2) is 12.1 Å². The molecule has 0 bridgehead atoms. The van der Waals surface area contributed by atoms with E-state index in [9.17, 15) is 14.7 Å². The smallest absolute Gasteiger partial charge is 0.318 e. The molecule has 17 heavy (non-hydrogen) atoms. The molecule has 0 spiro atoms. The van der Waals surface area contributed by atoms with Gasteiger partial charge in [-0.1, -0.05) is 0 Å². The molecule has 0 aliphatic carbocycles. The lowest BCUT2D eigenvalue weighted by Crippen LogP contribution is -2.25. The molecule has 0 saturated heterocycles. The molecule has 1 aromatic rings. The van der Waals surface area contributed by atoms with Gasteiger partial charge in [-0.25, -0.2) is 0 Å². The maximum Gasteiger partial charge on any atom is 0.318 e. The average molecular weight is 462 g/mol. The lowest BCUT2D eigenvalue weighted by molar-refractivity contribution is -0.154. The summed E-state index contributed by atoms with van der Waals surface area (Å²) in [6.07, 6.45) is -0.100. The summed E-state index contributed by atoms with van der Waals surface area (Å²) in [5.74, 6) is -4.07. The fraction of sp³-hybridized carbons (Fsp3) is 0.200. The van der Waals surface area contributed by atoms with Crippen molar-refractivity contribution >= 4 is 57.1 Å². The molecule has 5 nitrogen and oxygen atoms in total. The van der Waals surface area contributed by atoms with E-state index < -0.39 is 17.9 Å². The highest BCUT2D eigenvalue weighted by atomic mass is 127. The summed E-state index contributed by atoms with van der Waals surface area (Å²) in [7, 11) is 0. The van der Waals surface area contributed by atoms with Crippen molar-refractivity contribution in [3.63, 3.8) is 0 Å². The molecule has 0 amide bonds. The van der Waals surface area contributed by atoms with E-state index in [1.807, 2.05) is 45.2 Å². The molecule has 0 aliphatic rings. The summed E-state index contributed by atoms with van der Waals surface area (Å²) in [6, 6.07) is 3.16. The van der Waals surface area contributed by atoms with Crippen molar-refractivity contribution in [1.29, 1.82) is 0 Å². The van der Waals surface area contributed by atoms with Crippen molar-refractivity contribution in [2.24, 2.45) is 5.92 Å². The molecule has 0 aromatic heterocycles. The third-order valence-corrected chi connectivity index (χ3v) is 3.76. The molecule has 0 fully saturated rings. The molecule has 0 heterocycles. The van der Waals surface area contributed by atoms with E-state index in [0.29, 0.717) is 12.7 Å². The van der Waals surface area contributed by atoms with Crippen LogP contribution < -0.4 is 0 Å². The number of aromatic hydroxyl groups is 1. The average Bonchev–Trinajstić information content (AvgIpc) is 2.21. The lowest BCUT2D eigenvalue weighted by Gasteiger charge is -2.09. The van der Waals surface area contributed by atoms with Gasteiger partial charge in [-0.3, -0.25) is 9.59 Å². The fourth-order valence-electron chi connectivity index (χ4n) is 1.25. The van der Waals surface area contributed by atoms with Gasteiger partial charge >= 0.3 is 11.9 Å². The highest BCUT2D eigenvalue weighted by Gasteiger charge is 2.26. The zero-order chi connectivity index (χ0) is 13.2. The number of hydrogen-bond donors (Lipinski definition) is 3. The first kappa shape index (κ1) is 14.5. The largest absolute Gasteiger partial charge is 0.506 e. The number of phenols is 1. The van der Waals surface area contributed by atoms with Crippen LogP contribution in [-0.4, -0.2) is 27.3 Å². The quantitative estimate of drug-likeness (QED) is 0.470. The standard InChI is InChI=1S/C10H8I2O5/c11-6-2-4(3-7(12)8(6)13)1-5(9(14)15)10(16)17/h2-3,5,13H,1H2,(H,14,15)(H,16,17). The van der Waals surface area contributed by atoms with E-state index >= 15 is 0 Å². The monoisotopic (exact) mass is 462 g/mol. The topological polar surface area (TPSA) is 94.8 Å². The van der Waals surface area contributed by atoms with Crippen molar-refractivity contribution < 1.29 is 24.9 Å². The summed E-state index contributed by atoms with van der Waals surface area (Å²) in [5, 5.41) is 27.1. The zero-order valence-corrected chi connectivity index (χ0v) is 12.7. The summed E-state index contributed by atoms with van der Waals surface area (Å²) in [5.41, 5.74) is 0.575. The van der Waals surface area contributed by atoms with E-state index in [1.165, 1.54) is 0 Å². The zero-order valence-electron chi connectivity index (χ0n) is 8.35. The first-order chi connectivity index (χ1) is 7.82. The Bertz CT molecular complexity index is 435. The molecule has 0 aliphatic heterocycles. The van der Waals surface area contributed by atoms with E-state index in [4.69, 9.17) is 10.2 Å². The van der Waals surface area contributed by atoms with Crippen LogP contribution in [0.4, 0.5) is 0 Å². The van der Waals surface area contributed by atoms with Gasteiger partial charge in [-0.15, -0.1) is 0 Å². The Morgan fingerprint density at radius 3 is 1.88 bits per heavy atom. The Hall–Kier alpha value is -0.580. The predicted molar refractivity (Wildman–Crippen MR) is 76.0 cm³/mol. The van der Waals surface area contributed by atoms with Crippen molar-refractivity contribution in [2.75, 3.05) is 0 Å². The number of phenolic OH excluding ortho intramolecular Hbond substituents is 1. The highest BCUT2D eigenvalue weighted by molar-refractivity contribution is 14.1. The Morgan fingerprint density at radius 2 is 1.53 bits per heavy atom. The van der Waals surface area contributed by atoms with E-state index in [-0.39, 0.29) is 12.2 Å². The Morgan fingerprint density at radius 1 is 1.12 bits per heavy atom. The van der Waals surface area contributed by atoms with Crippen molar-refractivity contribution in [3.05, 3.63) is 24.8 Å². The molecule has 0 unspecified atom stereocenters. The van der Waals surface area contributed by atoms with Crippen molar-refractivity contribution in [3.8, 4) is 5.75 Å². The highest BCUT2D eigenvalue weighted by Crippen LogP contribution is 2.28. The minimum absolute atomic E-state index is 0.100. The summed E-state index contributed by atoms with van der Waals surface area (Å²) in [6.45, 7) is 0. The minimum atomic E-state index is -1.47. The number of carboxylic acid groups (broad SMARTS) is 2. The number of rotatable bonds is 4. The summed E-state index contributed by atoms with van der Waals surface area (Å²) in [4.78, 5) is 21.5. The second-order valence-electron chi connectivity index (χ2n) is 3.34. The molecule has 3 N–H and O–H groups in total. The molecular weight excluding hydrogens is 454 g/mol. The lowest BCUT2D eigenvalue weighted by atomic mass is 10.00. The maximum atomic E-state index is 10.7. The van der Waals surface area contributed by atoms with Gasteiger partial charge in [-0.2, -0.15) is 0 Å². The molecule has 0 radical (unpaired) electrons. The van der Waals surface area contributed by atoms with Gasteiger partial charge in [0.25, 0.3) is 0 Å². The summed E-state index contributed by atoms with van der Waals surface area (Å²) >= 11 is 3.81. The maximum absolute atomic E-state index is 10.7. The van der Waals surface area contributed by atoms with Crippen LogP contribution >= 0.6 is 45.2 Å². The van der Waals surface area contributed by atoms with E-state index in [1.54, 1.807) is 12.1 Å². The van der Waals surface area contributed by atoms with Gasteiger partial charge in [0, 0.05) is 0 Å². The van der Waals surface area contributed by atoms with Gasteiger partial charge in [-0.05, 0) is 69.3 Å². The third kappa shape index (κ3) is 3.69. The number of aliphatic carboxylic acids is 2. The van der Waals surface area contributed by atoms with Gasteiger partial charge in [0.05, 0.1) is 7.14 Å². The number of carboxylic acids is 2. The van der Waals surface area contributed by atoms with Crippen LogP contribution in [0.1, 0.15) is 5.56 Å². The van der Waals surface area contributed by atoms with E-state index in [0.717, 1.165) is 0 Å². The predicted octanol–water partition coefficient (Wildman–Crippen LogP) is 1.93. The Kier molecular flexibility index (Phi) is 4.98.